The molecule has 0 radical (unpaired) electrons. The molecule has 0 saturated heterocycles. The molecule has 0 bridgehead atoms. The summed E-state index contributed by atoms with van der Waals surface area (Å²) < 4.78 is 23.8. The zero-order valence-corrected chi connectivity index (χ0v) is 11.0. The first kappa shape index (κ1) is 14.3. The lowest BCUT2D eigenvalue weighted by atomic mass is 10.1. The molecule has 0 amide bonds. The Labute approximate surface area is 119 Å². The Balaban J connectivity index is 2.48. The highest BCUT2D eigenvalue weighted by molar-refractivity contribution is 5.91. The molecular formula is C15H10FNO4. The van der Waals surface area contributed by atoms with E-state index in [1.165, 1.54) is 37.4 Å². The standard InChI is InChI=1S/C15H10FNO4/c1-20-9-5-6-14(10(7-9)15(18)19)21-13-4-2-3-12(16)11(13)8-17/h2-7H,1H3,(H,18,19). The van der Waals surface area contributed by atoms with E-state index >= 15 is 0 Å². The predicted molar refractivity (Wildman–Crippen MR) is 71.1 cm³/mol. The number of hydrogen-bond acceptors (Lipinski definition) is 4. The number of carbonyl (C=O) groups is 1. The second-order valence-electron chi connectivity index (χ2n) is 3.99. The predicted octanol–water partition coefficient (Wildman–Crippen LogP) is 3.20. The summed E-state index contributed by atoms with van der Waals surface area (Å²) in [6.07, 6.45) is 0. The summed E-state index contributed by atoms with van der Waals surface area (Å²) in [6, 6.07) is 9.73. The first-order valence-corrected chi connectivity index (χ1v) is 5.84. The van der Waals surface area contributed by atoms with Gasteiger partial charge < -0.3 is 14.6 Å². The first-order valence-electron chi connectivity index (χ1n) is 5.84. The van der Waals surface area contributed by atoms with Crippen LogP contribution in [0.5, 0.6) is 17.2 Å². The summed E-state index contributed by atoms with van der Waals surface area (Å²) in [4.78, 5) is 11.2. The van der Waals surface area contributed by atoms with Gasteiger partial charge >= 0.3 is 5.97 Å². The summed E-state index contributed by atoms with van der Waals surface area (Å²) in [7, 11) is 1.40. The van der Waals surface area contributed by atoms with Crippen LogP contribution in [0, 0.1) is 17.1 Å². The van der Waals surface area contributed by atoms with Crippen molar-refractivity contribution in [3.63, 3.8) is 0 Å². The molecule has 2 aromatic rings. The van der Waals surface area contributed by atoms with Crippen LogP contribution < -0.4 is 9.47 Å². The Hall–Kier alpha value is -3.07. The number of nitrogens with zero attached hydrogens (tertiary/aromatic N) is 1. The lowest BCUT2D eigenvalue weighted by Crippen LogP contribution is -2.02. The van der Waals surface area contributed by atoms with Crippen molar-refractivity contribution >= 4 is 5.97 Å². The number of methoxy groups -OCH3 is 1. The normalized spacial score (nSPS) is 9.76. The van der Waals surface area contributed by atoms with Crippen molar-refractivity contribution in [2.75, 3.05) is 7.11 Å². The van der Waals surface area contributed by atoms with Gasteiger partial charge in [-0.1, -0.05) is 6.07 Å². The number of carboxylic acid groups (broad SMARTS) is 1. The van der Waals surface area contributed by atoms with Gasteiger partial charge in [-0.15, -0.1) is 0 Å². The highest BCUT2D eigenvalue weighted by atomic mass is 19.1. The molecule has 2 rings (SSSR count). The fourth-order valence-corrected chi connectivity index (χ4v) is 1.71. The van der Waals surface area contributed by atoms with Crippen LogP contribution in [-0.2, 0) is 0 Å². The molecule has 0 spiro atoms. The van der Waals surface area contributed by atoms with Crippen LogP contribution in [0.4, 0.5) is 4.39 Å². The average molecular weight is 287 g/mol. The zero-order chi connectivity index (χ0) is 15.4. The molecule has 0 saturated carbocycles. The van der Waals surface area contributed by atoms with E-state index in [2.05, 4.69) is 0 Å². The SMILES string of the molecule is COc1ccc(Oc2cccc(F)c2C#N)c(C(=O)O)c1. The van der Waals surface area contributed by atoms with Gasteiger partial charge in [0, 0.05) is 0 Å². The van der Waals surface area contributed by atoms with Crippen molar-refractivity contribution in [1.82, 2.24) is 0 Å². The third-order valence-corrected chi connectivity index (χ3v) is 2.72. The fraction of sp³-hybridized carbons (Fsp3) is 0.0667. The van der Waals surface area contributed by atoms with Gasteiger partial charge in [0.25, 0.3) is 0 Å². The summed E-state index contributed by atoms with van der Waals surface area (Å²) in [5, 5.41) is 18.1. The van der Waals surface area contributed by atoms with Gasteiger partial charge in [0.15, 0.2) is 0 Å². The van der Waals surface area contributed by atoms with E-state index in [0.29, 0.717) is 5.75 Å². The molecule has 2 aromatic carbocycles. The van der Waals surface area contributed by atoms with E-state index in [1.807, 2.05) is 0 Å². The van der Waals surface area contributed by atoms with E-state index < -0.39 is 11.8 Å². The van der Waals surface area contributed by atoms with Crippen LogP contribution in [0.25, 0.3) is 0 Å². The van der Waals surface area contributed by atoms with E-state index in [-0.39, 0.29) is 22.6 Å². The fourth-order valence-electron chi connectivity index (χ4n) is 1.71. The topological polar surface area (TPSA) is 79.5 Å². The first-order chi connectivity index (χ1) is 10.1. The second-order valence-corrected chi connectivity index (χ2v) is 3.99. The molecule has 1 N–H and O–H groups in total. The molecule has 0 aliphatic carbocycles. The van der Waals surface area contributed by atoms with Crippen LogP contribution in [-0.4, -0.2) is 18.2 Å². The number of hydrogen-bond donors (Lipinski definition) is 1. The lowest BCUT2D eigenvalue weighted by molar-refractivity contribution is 0.0693. The minimum atomic E-state index is -1.22. The smallest absolute Gasteiger partial charge is 0.339 e. The minimum absolute atomic E-state index is 0.00889. The largest absolute Gasteiger partial charge is 0.497 e. The highest BCUT2D eigenvalue weighted by Gasteiger charge is 2.16. The van der Waals surface area contributed by atoms with Crippen LogP contribution in [0.3, 0.4) is 0 Å². The average Bonchev–Trinajstić information content (AvgIpc) is 2.47. The summed E-state index contributed by atoms with van der Waals surface area (Å²) >= 11 is 0. The number of ether oxygens (including phenoxy) is 2. The number of aromatic carboxylic acids is 1. The van der Waals surface area contributed by atoms with Crippen molar-refractivity contribution in [2.24, 2.45) is 0 Å². The number of benzene rings is 2. The molecule has 0 fully saturated rings. The number of rotatable bonds is 4. The van der Waals surface area contributed by atoms with Crippen molar-refractivity contribution in [1.29, 1.82) is 5.26 Å². The summed E-state index contributed by atoms with van der Waals surface area (Å²) in [5.41, 5.74) is -0.438. The van der Waals surface area contributed by atoms with Crippen LogP contribution in [0.2, 0.25) is 0 Å². The van der Waals surface area contributed by atoms with Gasteiger partial charge in [-0.05, 0) is 30.3 Å². The molecule has 0 aliphatic rings. The molecule has 0 unspecified atom stereocenters. The maximum Gasteiger partial charge on any atom is 0.339 e. The minimum Gasteiger partial charge on any atom is -0.497 e. The van der Waals surface area contributed by atoms with E-state index in [1.54, 1.807) is 6.07 Å². The number of halogens is 1. The maximum atomic E-state index is 13.5. The van der Waals surface area contributed by atoms with Gasteiger partial charge in [-0.3, -0.25) is 0 Å². The number of nitriles is 1. The molecule has 5 nitrogen and oxygen atoms in total. The zero-order valence-electron chi connectivity index (χ0n) is 11.0. The van der Waals surface area contributed by atoms with Crippen LogP contribution in [0.15, 0.2) is 36.4 Å². The van der Waals surface area contributed by atoms with Crippen molar-refractivity contribution in [3.05, 3.63) is 53.3 Å². The number of carboxylic acids is 1. The van der Waals surface area contributed by atoms with Gasteiger partial charge in [0.05, 0.1) is 7.11 Å². The maximum absolute atomic E-state index is 13.5. The van der Waals surface area contributed by atoms with Gasteiger partial charge in [0.2, 0.25) is 0 Å². The third kappa shape index (κ3) is 2.92. The Morgan fingerprint density at radius 3 is 2.67 bits per heavy atom. The van der Waals surface area contributed by atoms with Crippen LogP contribution in [0.1, 0.15) is 15.9 Å². The van der Waals surface area contributed by atoms with Gasteiger partial charge in [-0.2, -0.15) is 5.26 Å². The highest BCUT2D eigenvalue weighted by Crippen LogP contribution is 2.31. The summed E-state index contributed by atoms with van der Waals surface area (Å²) in [6.45, 7) is 0. The third-order valence-electron chi connectivity index (χ3n) is 2.72. The van der Waals surface area contributed by atoms with E-state index in [9.17, 15) is 14.3 Å². The molecule has 106 valence electrons. The quantitative estimate of drug-likeness (QED) is 0.934. The van der Waals surface area contributed by atoms with Crippen molar-refractivity contribution in [2.45, 2.75) is 0 Å². The molecule has 0 heterocycles. The monoisotopic (exact) mass is 287 g/mol. The molecule has 6 heteroatoms. The van der Waals surface area contributed by atoms with Gasteiger partial charge in [-0.25, -0.2) is 9.18 Å². The molecule has 0 aromatic heterocycles. The Morgan fingerprint density at radius 2 is 2.05 bits per heavy atom. The van der Waals surface area contributed by atoms with Crippen molar-refractivity contribution in [3.8, 4) is 23.3 Å². The summed E-state index contributed by atoms with van der Waals surface area (Å²) in [5.74, 6) is -1.67. The van der Waals surface area contributed by atoms with E-state index in [0.717, 1.165) is 6.07 Å². The Bertz CT molecular complexity index is 737. The Kier molecular flexibility index (Phi) is 4.05. The molecule has 0 aliphatic heterocycles. The lowest BCUT2D eigenvalue weighted by Gasteiger charge is -2.11. The van der Waals surface area contributed by atoms with Gasteiger partial charge in [0.1, 0.15) is 40.3 Å². The van der Waals surface area contributed by atoms with E-state index in [4.69, 9.17) is 14.7 Å². The second kappa shape index (κ2) is 5.92. The molecule has 0 atom stereocenters. The Morgan fingerprint density at radius 1 is 1.29 bits per heavy atom. The van der Waals surface area contributed by atoms with Crippen LogP contribution >= 0.6 is 0 Å². The molecule has 21 heavy (non-hydrogen) atoms. The molecular weight excluding hydrogens is 277 g/mol. The van der Waals surface area contributed by atoms with Crippen molar-refractivity contribution < 1.29 is 23.8 Å².